The van der Waals surface area contributed by atoms with Gasteiger partial charge in [-0.2, -0.15) is 0 Å². The van der Waals surface area contributed by atoms with Crippen LogP contribution in [0, 0.1) is 5.92 Å². The molecule has 0 aliphatic rings. The fraction of sp³-hybridized carbons (Fsp3) is 0.444. The van der Waals surface area contributed by atoms with E-state index in [2.05, 4.69) is 40.1 Å². The van der Waals surface area contributed by atoms with E-state index in [9.17, 15) is 0 Å². The molecule has 1 rings (SSSR count). The van der Waals surface area contributed by atoms with Gasteiger partial charge in [-0.3, -0.25) is 0 Å². The first-order chi connectivity index (χ1) is 5.68. The first kappa shape index (κ1) is 9.52. The van der Waals surface area contributed by atoms with Gasteiger partial charge in [0, 0.05) is 17.2 Å². The molecule has 0 spiro atoms. The van der Waals surface area contributed by atoms with Gasteiger partial charge in [0.05, 0.1) is 0 Å². The molecule has 1 aromatic heterocycles. The first-order valence-corrected chi connectivity index (χ1v) is 4.83. The van der Waals surface area contributed by atoms with Gasteiger partial charge in [-0.1, -0.05) is 13.8 Å². The smallest absolute Gasteiger partial charge is 0.125 e. The Hall–Kier alpha value is -0.570. The second-order valence-electron chi connectivity index (χ2n) is 3.14. The summed E-state index contributed by atoms with van der Waals surface area (Å²) in [5.41, 5.74) is 0. The van der Waals surface area contributed by atoms with E-state index < -0.39 is 0 Å². The van der Waals surface area contributed by atoms with Gasteiger partial charge in [0.25, 0.3) is 0 Å². The Morgan fingerprint density at radius 1 is 1.50 bits per heavy atom. The maximum Gasteiger partial charge on any atom is 0.125 e. The monoisotopic (exact) mass is 228 g/mol. The van der Waals surface area contributed by atoms with Crippen LogP contribution in [-0.2, 0) is 0 Å². The highest BCUT2D eigenvalue weighted by Gasteiger charge is 1.95. The number of nitrogens with zero attached hydrogens (tertiary/aromatic N) is 1. The second-order valence-corrected chi connectivity index (χ2v) is 4.05. The van der Waals surface area contributed by atoms with Crippen LogP contribution in [0.1, 0.15) is 13.8 Å². The minimum absolute atomic E-state index is 0.649. The van der Waals surface area contributed by atoms with Gasteiger partial charge in [0.1, 0.15) is 5.82 Å². The van der Waals surface area contributed by atoms with Crippen molar-refractivity contribution in [3.05, 3.63) is 22.8 Å². The molecule has 0 amide bonds. The van der Waals surface area contributed by atoms with Gasteiger partial charge in [-0.15, -0.1) is 0 Å². The van der Waals surface area contributed by atoms with E-state index in [1.807, 2.05) is 12.1 Å². The van der Waals surface area contributed by atoms with E-state index in [0.29, 0.717) is 5.92 Å². The van der Waals surface area contributed by atoms with Gasteiger partial charge in [-0.05, 0) is 34.0 Å². The van der Waals surface area contributed by atoms with Gasteiger partial charge < -0.3 is 5.32 Å². The molecule has 0 saturated heterocycles. The standard InChI is InChI=1S/C9H13BrN2/c1-7(2)5-11-9-4-3-8(10)6-12-9/h3-4,6-7H,5H2,1-2H3,(H,11,12). The zero-order chi connectivity index (χ0) is 8.97. The third-order valence-electron chi connectivity index (χ3n) is 1.42. The molecule has 1 N–H and O–H groups in total. The molecule has 0 fully saturated rings. The summed E-state index contributed by atoms with van der Waals surface area (Å²) in [5.74, 6) is 1.59. The lowest BCUT2D eigenvalue weighted by Crippen LogP contribution is -2.08. The van der Waals surface area contributed by atoms with Gasteiger partial charge in [0.2, 0.25) is 0 Å². The van der Waals surface area contributed by atoms with Gasteiger partial charge >= 0.3 is 0 Å². The normalized spacial score (nSPS) is 10.3. The van der Waals surface area contributed by atoms with Crippen LogP contribution in [0.5, 0.6) is 0 Å². The Labute approximate surface area is 81.5 Å². The number of hydrogen-bond donors (Lipinski definition) is 1. The Morgan fingerprint density at radius 3 is 2.75 bits per heavy atom. The SMILES string of the molecule is CC(C)CNc1ccc(Br)cn1. The lowest BCUT2D eigenvalue weighted by Gasteiger charge is -2.07. The number of pyridine rings is 1. The minimum Gasteiger partial charge on any atom is -0.370 e. The van der Waals surface area contributed by atoms with Crippen molar-refractivity contribution in [1.29, 1.82) is 0 Å². The third-order valence-corrected chi connectivity index (χ3v) is 1.89. The Bertz CT molecular complexity index is 231. The number of nitrogens with one attached hydrogen (secondary N) is 1. The molecule has 12 heavy (non-hydrogen) atoms. The van der Waals surface area contributed by atoms with Crippen molar-refractivity contribution in [2.24, 2.45) is 5.92 Å². The maximum atomic E-state index is 4.19. The molecular formula is C9H13BrN2. The van der Waals surface area contributed by atoms with E-state index in [1.165, 1.54) is 0 Å². The quantitative estimate of drug-likeness (QED) is 0.861. The summed E-state index contributed by atoms with van der Waals surface area (Å²) in [4.78, 5) is 4.19. The highest BCUT2D eigenvalue weighted by atomic mass is 79.9. The second kappa shape index (κ2) is 4.45. The largest absolute Gasteiger partial charge is 0.370 e. The molecule has 1 aromatic rings. The van der Waals surface area contributed by atoms with Crippen molar-refractivity contribution in [2.45, 2.75) is 13.8 Å². The van der Waals surface area contributed by atoms with E-state index >= 15 is 0 Å². The van der Waals surface area contributed by atoms with Gasteiger partial charge in [0.15, 0.2) is 0 Å². The molecule has 0 radical (unpaired) electrons. The Balaban J connectivity index is 2.48. The molecule has 2 nitrogen and oxygen atoms in total. The molecular weight excluding hydrogens is 216 g/mol. The molecule has 0 unspecified atom stereocenters. The van der Waals surface area contributed by atoms with Crippen LogP contribution in [0.4, 0.5) is 5.82 Å². The molecule has 3 heteroatoms. The molecule has 0 saturated carbocycles. The van der Waals surface area contributed by atoms with Crippen LogP contribution in [0.15, 0.2) is 22.8 Å². The Morgan fingerprint density at radius 2 is 2.25 bits per heavy atom. The summed E-state index contributed by atoms with van der Waals surface area (Å²) < 4.78 is 1.01. The van der Waals surface area contributed by atoms with E-state index in [4.69, 9.17) is 0 Å². The van der Waals surface area contributed by atoms with E-state index in [-0.39, 0.29) is 0 Å². The number of rotatable bonds is 3. The predicted molar refractivity (Wildman–Crippen MR) is 55.3 cm³/mol. The van der Waals surface area contributed by atoms with E-state index in [1.54, 1.807) is 6.20 Å². The zero-order valence-electron chi connectivity index (χ0n) is 7.34. The first-order valence-electron chi connectivity index (χ1n) is 4.04. The molecule has 1 heterocycles. The lowest BCUT2D eigenvalue weighted by molar-refractivity contribution is 0.687. The number of anilines is 1. The molecule has 0 bridgehead atoms. The fourth-order valence-corrected chi connectivity index (χ4v) is 1.02. The van der Waals surface area contributed by atoms with Crippen molar-refractivity contribution in [2.75, 3.05) is 11.9 Å². The summed E-state index contributed by atoms with van der Waals surface area (Å²) in [5, 5.41) is 3.24. The van der Waals surface area contributed by atoms with Crippen LogP contribution < -0.4 is 5.32 Å². The minimum atomic E-state index is 0.649. The van der Waals surface area contributed by atoms with Crippen LogP contribution in [0.3, 0.4) is 0 Å². The summed E-state index contributed by atoms with van der Waals surface area (Å²) in [7, 11) is 0. The summed E-state index contributed by atoms with van der Waals surface area (Å²) in [6, 6.07) is 3.95. The van der Waals surface area contributed by atoms with Gasteiger partial charge in [-0.25, -0.2) is 4.98 Å². The molecule has 66 valence electrons. The highest BCUT2D eigenvalue weighted by molar-refractivity contribution is 9.10. The lowest BCUT2D eigenvalue weighted by atomic mass is 10.2. The average molecular weight is 229 g/mol. The van der Waals surface area contributed by atoms with Crippen LogP contribution in [-0.4, -0.2) is 11.5 Å². The van der Waals surface area contributed by atoms with Crippen LogP contribution >= 0.6 is 15.9 Å². The number of aromatic nitrogens is 1. The van der Waals surface area contributed by atoms with Crippen molar-refractivity contribution in [3.8, 4) is 0 Å². The summed E-state index contributed by atoms with van der Waals surface area (Å²) >= 11 is 3.34. The predicted octanol–water partition coefficient (Wildman–Crippen LogP) is 2.91. The van der Waals surface area contributed by atoms with Crippen LogP contribution in [0.25, 0.3) is 0 Å². The topological polar surface area (TPSA) is 24.9 Å². The maximum absolute atomic E-state index is 4.19. The summed E-state index contributed by atoms with van der Waals surface area (Å²) in [6.45, 7) is 5.31. The number of hydrogen-bond acceptors (Lipinski definition) is 2. The highest BCUT2D eigenvalue weighted by Crippen LogP contribution is 2.10. The molecule has 0 atom stereocenters. The molecule has 0 aliphatic heterocycles. The van der Waals surface area contributed by atoms with Crippen LogP contribution in [0.2, 0.25) is 0 Å². The third kappa shape index (κ3) is 3.22. The fourth-order valence-electron chi connectivity index (χ4n) is 0.789. The molecule has 0 aromatic carbocycles. The number of halogens is 1. The average Bonchev–Trinajstić information content (AvgIpc) is 2.03. The van der Waals surface area contributed by atoms with E-state index in [0.717, 1.165) is 16.8 Å². The van der Waals surface area contributed by atoms with Crippen molar-refractivity contribution < 1.29 is 0 Å². The zero-order valence-corrected chi connectivity index (χ0v) is 8.93. The van der Waals surface area contributed by atoms with Crippen molar-refractivity contribution >= 4 is 21.7 Å². The van der Waals surface area contributed by atoms with Crippen molar-refractivity contribution in [1.82, 2.24) is 4.98 Å². The Kier molecular flexibility index (Phi) is 3.53. The van der Waals surface area contributed by atoms with Crippen molar-refractivity contribution in [3.63, 3.8) is 0 Å². The molecule has 0 aliphatic carbocycles. The summed E-state index contributed by atoms with van der Waals surface area (Å²) in [6.07, 6.45) is 1.79.